The topological polar surface area (TPSA) is 95.9 Å². The average molecular weight is 445 g/mol. The first kappa shape index (κ1) is 26.8. The Balaban J connectivity index is 0.000000308. The Hall–Kier alpha value is -1.28. The number of rotatable bonds is 9. The third-order valence-corrected chi connectivity index (χ3v) is 6.38. The molecule has 2 fully saturated rings. The van der Waals surface area contributed by atoms with Crippen LogP contribution in [0.2, 0.25) is 0 Å². The van der Waals surface area contributed by atoms with E-state index in [2.05, 4.69) is 22.7 Å². The second kappa shape index (κ2) is 15.5. The summed E-state index contributed by atoms with van der Waals surface area (Å²) in [7, 11) is 1.24. The minimum atomic E-state index is -1.12. The van der Waals surface area contributed by atoms with Crippen LogP contribution in [-0.4, -0.2) is 65.9 Å². The van der Waals surface area contributed by atoms with Crippen molar-refractivity contribution in [2.24, 2.45) is 5.92 Å². The number of carbonyl (C=O) groups is 3. The number of carboxylic acids is 1. The van der Waals surface area contributed by atoms with Gasteiger partial charge in [0.2, 0.25) is 5.91 Å². The molecule has 0 radical (unpaired) electrons. The zero-order chi connectivity index (χ0) is 22.4. The summed E-state index contributed by atoms with van der Waals surface area (Å²) in [5.74, 6) is -1.98. The van der Waals surface area contributed by atoms with Gasteiger partial charge in [0.25, 0.3) is 0 Å². The molecule has 1 amide bonds. The van der Waals surface area contributed by atoms with Crippen LogP contribution in [0.1, 0.15) is 77.6 Å². The van der Waals surface area contributed by atoms with Gasteiger partial charge in [-0.1, -0.05) is 45.4 Å². The van der Waals surface area contributed by atoms with Crippen LogP contribution in [0, 0.1) is 5.92 Å². The van der Waals surface area contributed by atoms with Gasteiger partial charge in [0.05, 0.1) is 13.5 Å². The van der Waals surface area contributed by atoms with E-state index in [1.54, 1.807) is 6.92 Å². The van der Waals surface area contributed by atoms with E-state index in [-0.39, 0.29) is 24.8 Å². The Morgan fingerprint density at radius 3 is 1.93 bits per heavy atom. The number of methoxy groups -OCH3 is 1. The predicted molar refractivity (Wildman–Crippen MR) is 121 cm³/mol. The normalized spacial score (nSPS) is 18.6. The molecule has 1 unspecified atom stereocenters. The Bertz CT molecular complexity index is 504. The minimum Gasteiger partial charge on any atom is -0.480 e. The predicted octanol–water partition coefficient (Wildman–Crippen LogP) is 3.27. The van der Waals surface area contributed by atoms with Gasteiger partial charge in [-0.2, -0.15) is 12.6 Å². The fourth-order valence-corrected chi connectivity index (χ4v) is 4.18. The fraction of sp³-hybridized carbons (Fsp3) is 0.864. The van der Waals surface area contributed by atoms with Crippen molar-refractivity contribution < 1.29 is 24.2 Å². The van der Waals surface area contributed by atoms with Crippen LogP contribution in [0.25, 0.3) is 0 Å². The molecule has 2 rings (SSSR count). The molecule has 0 saturated heterocycles. The van der Waals surface area contributed by atoms with Crippen molar-refractivity contribution in [1.82, 2.24) is 10.2 Å². The highest BCUT2D eigenvalue weighted by atomic mass is 32.1. The average Bonchev–Trinajstić information content (AvgIpc) is 2.77. The number of aliphatic carboxylic acids is 1. The third-order valence-electron chi connectivity index (χ3n) is 5.83. The molecule has 0 aromatic carbocycles. The van der Waals surface area contributed by atoms with Gasteiger partial charge in [-0.25, -0.2) is 0 Å². The zero-order valence-corrected chi connectivity index (χ0v) is 19.5. The van der Waals surface area contributed by atoms with E-state index < -0.39 is 18.5 Å². The number of carbonyl (C=O) groups excluding carboxylic acids is 2. The first-order valence-electron chi connectivity index (χ1n) is 11.3. The fourth-order valence-electron chi connectivity index (χ4n) is 4.02. The molecule has 0 bridgehead atoms. The first-order valence-corrected chi connectivity index (χ1v) is 11.9. The van der Waals surface area contributed by atoms with E-state index in [1.807, 2.05) is 0 Å². The molecule has 0 aromatic heterocycles. The van der Waals surface area contributed by atoms with E-state index in [9.17, 15) is 14.4 Å². The molecular formula is C22H40N2O5S. The maximum atomic E-state index is 11.8. The van der Waals surface area contributed by atoms with Gasteiger partial charge in [0, 0.05) is 30.3 Å². The van der Waals surface area contributed by atoms with Crippen LogP contribution in [0.15, 0.2) is 0 Å². The summed E-state index contributed by atoms with van der Waals surface area (Å²) >= 11 is 3.98. The molecule has 0 spiro atoms. The summed E-state index contributed by atoms with van der Waals surface area (Å²) in [6.07, 6.45) is 14.5. The molecule has 2 aliphatic carbocycles. The summed E-state index contributed by atoms with van der Waals surface area (Å²) in [4.78, 5) is 34.4. The number of esters is 1. The van der Waals surface area contributed by atoms with Crippen LogP contribution in [-0.2, 0) is 19.1 Å². The standard InChI is InChI=1S/C12H23N.C10H17NO5S/c1-3-7-11(8-4-1)13-12-9-5-2-6-10-12;1-7(6-17)10(15)11(5-8(12)13)4-3-9(14)16-2/h11-13H,1-10H2;7,17H,3-6H2,1-2H3,(H,12,13). The molecule has 1 atom stereocenters. The lowest BCUT2D eigenvalue weighted by Crippen LogP contribution is -2.40. The van der Waals surface area contributed by atoms with Gasteiger partial charge in [0.1, 0.15) is 6.54 Å². The van der Waals surface area contributed by atoms with Crippen LogP contribution in [0.4, 0.5) is 0 Å². The van der Waals surface area contributed by atoms with Gasteiger partial charge < -0.3 is 20.1 Å². The number of amides is 1. The second-order valence-electron chi connectivity index (χ2n) is 8.40. The quantitative estimate of drug-likeness (QED) is 0.373. The van der Waals surface area contributed by atoms with Crippen molar-refractivity contribution in [3.63, 3.8) is 0 Å². The number of hydrogen-bond acceptors (Lipinski definition) is 6. The molecule has 30 heavy (non-hydrogen) atoms. The number of thiol groups is 1. The lowest BCUT2D eigenvalue weighted by Gasteiger charge is -2.30. The van der Waals surface area contributed by atoms with Crippen molar-refractivity contribution in [3.05, 3.63) is 0 Å². The molecule has 2 aliphatic rings. The molecule has 2 N–H and O–H groups in total. The van der Waals surface area contributed by atoms with E-state index in [0.29, 0.717) is 5.75 Å². The van der Waals surface area contributed by atoms with Crippen molar-refractivity contribution in [2.75, 3.05) is 26.0 Å². The Kier molecular flexibility index (Phi) is 13.8. The molecule has 7 nitrogen and oxygen atoms in total. The molecule has 0 aliphatic heterocycles. The molecule has 0 aromatic rings. The zero-order valence-electron chi connectivity index (χ0n) is 18.6. The number of nitrogens with one attached hydrogen (secondary N) is 1. The number of hydrogen-bond donors (Lipinski definition) is 3. The Morgan fingerprint density at radius 1 is 1.03 bits per heavy atom. The lowest BCUT2D eigenvalue weighted by atomic mass is 9.91. The minimum absolute atomic E-state index is 0.0190. The number of ether oxygens (including phenoxy) is 1. The van der Waals surface area contributed by atoms with Crippen LogP contribution < -0.4 is 5.32 Å². The van der Waals surface area contributed by atoms with Crippen molar-refractivity contribution >= 4 is 30.5 Å². The summed E-state index contributed by atoms with van der Waals surface area (Å²) < 4.78 is 4.43. The maximum absolute atomic E-state index is 11.8. The Morgan fingerprint density at radius 2 is 1.53 bits per heavy atom. The molecule has 8 heteroatoms. The van der Waals surface area contributed by atoms with E-state index in [0.717, 1.165) is 17.0 Å². The van der Waals surface area contributed by atoms with E-state index >= 15 is 0 Å². The van der Waals surface area contributed by atoms with Crippen LogP contribution >= 0.6 is 12.6 Å². The smallest absolute Gasteiger partial charge is 0.323 e. The second-order valence-corrected chi connectivity index (χ2v) is 8.76. The summed E-state index contributed by atoms with van der Waals surface area (Å²) in [6, 6.07) is 1.74. The summed E-state index contributed by atoms with van der Waals surface area (Å²) in [5, 5.41) is 12.5. The highest BCUT2D eigenvalue weighted by molar-refractivity contribution is 7.80. The Labute approximate surface area is 186 Å². The molecule has 0 heterocycles. The number of nitrogens with zero attached hydrogens (tertiary/aromatic N) is 1. The van der Waals surface area contributed by atoms with Gasteiger partial charge in [-0.05, 0) is 25.7 Å². The van der Waals surface area contributed by atoms with Gasteiger partial charge in [0.15, 0.2) is 0 Å². The third kappa shape index (κ3) is 11.2. The van der Waals surface area contributed by atoms with Gasteiger partial charge in [-0.15, -0.1) is 0 Å². The van der Waals surface area contributed by atoms with Gasteiger partial charge >= 0.3 is 11.9 Å². The monoisotopic (exact) mass is 444 g/mol. The highest BCUT2D eigenvalue weighted by Gasteiger charge is 2.22. The van der Waals surface area contributed by atoms with E-state index in [1.165, 1.54) is 71.3 Å². The lowest BCUT2D eigenvalue weighted by molar-refractivity contribution is -0.148. The molecule has 2 saturated carbocycles. The van der Waals surface area contributed by atoms with E-state index in [4.69, 9.17) is 5.11 Å². The summed E-state index contributed by atoms with van der Waals surface area (Å²) in [5.41, 5.74) is 0. The van der Waals surface area contributed by atoms with Crippen molar-refractivity contribution in [3.8, 4) is 0 Å². The van der Waals surface area contributed by atoms with Gasteiger partial charge in [-0.3, -0.25) is 14.4 Å². The van der Waals surface area contributed by atoms with Crippen molar-refractivity contribution in [2.45, 2.75) is 89.6 Å². The molecular weight excluding hydrogens is 404 g/mol. The van der Waals surface area contributed by atoms with Crippen LogP contribution in [0.5, 0.6) is 0 Å². The SMILES string of the molecule is C1CCC(NC2CCCCC2)CC1.COC(=O)CCN(CC(=O)O)C(=O)C(C)CS. The first-order chi connectivity index (χ1) is 14.4. The van der Waals surface area contributed by atoms with Crippen LogP contribution in [0.3, 0.4) is 0 Å². The largest absolute Gasteiger partial charge is 0.480 e. The summed E-state index contributed by atoms with van der Waals surface area (Å²) in [6.45, 7) is 1.27. The van der Waals surface area contributed by atoms with Crippen molar-refractivity contribution in [1.29, 1.82) is 0 Å². The maximum Gasteiger partial charge on any atom is 0.323 e. The highest BCUT2D eigenvalue weighted by Crippen LogP contribution is 2.22. The number of carboxylic acid groups (broad SMARTS) is 1. The molecule has 174 valence electrons.